The summed E-state index contributed by atoms with van der Waals surface area (Å²) >= 11 is 0. The van der Waals surface area contributed by atoms with E-state index in [9.17, 15) is 20.0 Å². The first kappa shape index (κ1) is 25.4. The molecule has 3 saturated heterocycles. The second kappa shape index (κ2) is 9.78. The van der Waals surface area contributed by atoms with Gasteiger partial charge in [-0.15, -0.1) is 0 Å². The fourth-order valence-corrected chi connectivity index (χ4v) is 6.35. The molecule has 3 fully saturated rings. The van der Waals surface area contributed by atoms with Crippen molar-refractivity contribution in [1.29, 1.82) is 5.26 Å². The van der Waals surface area contributed by atoms with E-state index in [4.69, 9.17) is 14.1 Å². The number of hydrogen-bond acceptors (Lipinski definition) is 8. The molecule has 0 aliphatic carbocycles. The molecule has 3 aliphatic rings. The molecule has 208 valence electrons. The van der Waals surface area contributed by atoms with Crippen LogP contribution in [0.3, 0.4) is 0 Å². The van der Waals surface area contributed by atoms with Gasteiger partial charge in [-0.05, 0) is 49.9 Å². The molecule has 0 saturated carbocycles. The lowest BCUT2D eigenvalue weighted by molar-refractivity contribution is -0.00173. The molecule has 0 amide bonds. The minimum atomic E-state index is -1.31. The Labute approximate surface area is 236 Å². The lowest BCUT2D eigenvalue weighted by Gasteiger charge is -2.51. The topological polar surface area (TPSA) is 125 Å². The maximum absolute atomic E-state index is 12.8. The maximum Gasteiger partial charge on any atom is 0.341 e. The summed E-state index contributed by atoms with van der Waals surface area (Å²) in [5, 5.41) is 19.6. The van der Waals surface area contributed by atoms with Gasteiger partial charge in [-0.25, -0.2) is 4.79 Å². The highest BCUT2D eigenvalue weighted by molar-refractivity contribution is 5.88. The van der Waals surface area contributed by atoms with Crippen molar-refractivity contribution in [3.05, 3.63) is 70.0 Å². The van der Waals surface area contributed by atoms with E-state index in [1.54, 1.807) is 16.7 Å². The van der Waals surface area contributed by atoms with Gasteiger partial charge in [-0.2, -0.15) is 10.2 Å². The van der Waals surface area contributed by atoms with Crippen molar-refractivity contribution in [1.82, 2.24) is 9.55 Å². The van der Waals surface area contributed by atoms with Crippen LogP contribution >= 0.6 is 0 Å². The van der Waals surface area contributed by atoms with E-state index in [0.717, 1.165) is 70.8 Å². The summed E-state index contributed by atoms with van der Waals surface area (Å²) < 4.78 is 13.4. The van der Waals surface area contributed by atoms with Gasteiger partial charge in [-0.3, -0.25) is 4.79 Å². The summed E-state index contributed by atoms with van der Waals surface area (Å²) in [5.74, 6) is -1.31. The molecule has 7 rings (SSSR count). The SMILES string of the molecule is N#Cc1cc(-c2cc(=O)c(C(=O)O)cn2-c2ccc3nc(N4CC5(CCOCC5)C4)oc3c2)ccc1N1CCCC1. The van der Waals surface area contributed by atoms with Crippen molar-refractivity contribution in [3.8, 4) is 23.0 Å². The molecule has 41 heavy (non-hydrogen) atoms. The number of ether oxygens (including phenoxy) is 1. The van der Waals surface area contributed by atoms with Gasteiger partial charge in [0.2, 0.25) is 0 Å². The first-order valence-corrected chi connectivity index (χ1v) is 14.0. The number of anilines is 2. The molecule has 0 bridgehead atoms. The number of rotatable bonds is 5. The van der Waals surface area contributed by atoms with Gasteiger partial charge in [0, 0.05) is 74.4 Å². The highest BCUT2D eigenvalue weighted by Gasteiger charge is 2.45. The normalized spacial score (nSPS) is 18.0. The summed E-state index contributed by atoms with van der Waals surface area (Å²) in [7, 11) is 0. The Kier molecular flexibility index (Phi) is 6.05. The van der Waals surface area contributed by atoms with Crippen LogP contribution in [0.4, 0.5) is 11.7 Å². The molecular weight excluding hydrogens is 522 g/mol. The summed E-state index contributed by atoms with van der Waals surface area (Å²) in [4.78, 5) is 33.7. The standard InChI is InChI=1S/C31H29N5O5/c32-16-21-13-20(3-6-25(21)34-9-1-2-10-34)26-15-27(37)23(29(38)39)17-36(26)22-4-5-24-28(14-22)41-30(33-24)35-18-31(19-35)7-11-40-12-8-31/h3-6,13-15,17H,1-2,7-12,18-19H2,(H,38,39). The smallest absolute Gasteiger partial charge is 0.341 e. The van der Waals surface area contributed by atoms with Crippen molar-refractivity contribution >= 4 is 28.8 Å². The molecule has 0 atom stereocenters. The molecule has 2 aromatic carbocycles. The third kappa shape index (κ3) is 4.43. The number of fused-ring (bicyclic) bond motifs is 1. The maximum atomic E-state index is 12.8. The van der Waals surface area contributed by atoms with E-state index in [-0.39, 0.29) is 11.0 Å². The largest absolute Gasteiger partial charge is 0.477 e. The van der Waals surface area contributed by atoms with Crippen molar-refractivity contribution in [2.75, 3.05) is 49.2 Å². The van der Waals surface area contributed by atoms with Crippen LogP contribution in [-0.2, 0) is 4.74 Å². The lowest BCUT2D eigenvalue weighted by Crippen LogP contribution is -2.58. The second-order valence-corrected chi connectivity index (χ2v) is 11.3. The Morgan fingerprint density at radius 2 is 1.80 bits per heavy atom. The van der Waals surface area contributed by atoms with Crippen molar-refractivity contribution < 1.29 is 19.1 Å². The van der Waals surface area contributed by atoms with Crippen LogP contribution in [0.2, 0.25) is 0 Å². The number of aromatic carboxylic acids is 1. The van der Waals surface area contributed by atoms with Crippen molar-refractivity contribution in [3.63, 3.8) is 0 Å². The van der Waals surface area contributed by atoms with Crippen LogP contribution in [0, 0.1) is 16.7 Å². The molecule has 5 heterocycles. The van der Waals surface area contributed by atoms with E-state index in [1.165, 1.54) is 12.3 Å². The van der Waals surface area contributed by atoms with Gasteiger partial charge in [0.05, 0.1) is 16.9 Å². The molecule has 4 aromatic rings. The summed E-state index contributed by atoms with van der Waals surface area (Å²) in [6.07, 6.45) is 5.59. The molecule has 0 radical (unpaired) electrons. The molecule has 10 heteroatoms. The van der Waals surface area contributed by atoms with E-state index < -0.39 is 11.4 Å². The average Bonchev–Trinajstić information content (AvgIpc) is 3.65. The van der Waals surface area contributed by atoms with Crippen LogP contribution in [0.25, 0.3) is 28.0 Å². The molecule has 1 N–H and O–H groups in total. The third-order valence-corrected chi connectivity index (χ3v) is 8.66. The van der Waals surface area contributed by atoms with Crippen LogP contribution in [-0.4, -0.2) is 60.0 Å². The monoisotopic (exact) mass is 551 g/mol. The van der Waals surface area contributed by atoms with Crippen LogP contribution in [0.1, 0.15) is 41.6 Å². The number of carboxylic acids is 1. The predicted octanol–water partition coefficient (Wildman–Crippen LogP) is 4.43. The van der Waals surface area contributed by atoms with Gasteiger partial charge in [0.1, 0.15) is 17.1 Å². The summed E-state index contributed by atoms with van der Waals surface area (Å²) in [6.45, 7) is 5.16. The number of oxazole rings is 1. The molecule has 3 aliphatic heterocycles. The van der Waals surface area contributed by atoms with E-state index in [0.29, 0.717) is 39.6 Å². The zero-order valence-electron chi connectivity index (χ0n) is 22.5. The number of nitrogens with zero attached hydrogens (tertiary/aromatic N) is 5. The third-order valence-electron chi connectivity index (χ3n) is 8.66. The Morgan fingerprint density at radius 3 is 2.54 bits per heavy atom. The van der Waals surface area contributed by atoms with Gasteiger partial charge in [-0.1, -0.05) is 6.07 Å². The Morgan fingerprint density at radius 1 is 1.02 bits per heavy atom. The predicted molar refractivity (Wildman–Crippen MR) is 153 cm³/mol. The first-order chi connectivity index (χ1) is 19.9. The Hall–Kier alpha value is -4.62. The van der Waals surface area contributed by atoms with Gasteiger partial charge in [0.15, 0.2) is 11.0 Å². The first-order valence-electron chi connectivity index (χ1n) is 14.0. The molecule has 10 nitrogen and oxygen atoms in total. The zero-order chi connectivity index (χ0) is 28.1. The number of carbonyl (C=O) groups is 1. The Balaban J connectivity index is 1.28. The molecule has 2 aromatic heterocycles. The van der Waals surface area contributed by atoms with Crippen LogP contribution in [0.15, 0.2) is 57.9 Å². The number of hydrogen-bond donors (Lipinski definition) is 1. The van der Waals surface area contributed by atoms with Gasteiger partial charge < -0.3 is 28.6 Å². The molecule has 1 spiro atoms. The number of nitriles is 1. The number of carboxylic acid groups (broad SMARTS) is 1. The van der Waals surface area contributed by atoms with Gasteiger partial charge in [0.25, 0.3) is 6.01 Å². The average molecular weight is 552 g/mol. The minimum Gasteiger partial charge on any atom is -0.477 e. The fraction of sp³-hybridized carbons (Fsp3) is 0.355. The van der Waals surface area contributed by atoms with E-state index in [1.807, 2.05) is 24.3 Å². The second-order valence-electron chi connectivity index (χ2n) is 11.3. The van der Waals surface area contributed by atoms with Crippen molar-refractivity contribution in [2.45, 2.75) is 25.7 Å². The van der Waals surface area contributed by atoms with Crippen LogP contribution in [0.5, 0.6) is 0 Å². The van der Waals surface area contributed by atoms with Crippen LogP contribution < -0.4 is 15.2 Å². The number of aromatic nitrogens is 2. The Bertz CT molecular complexity index is 1760. The fourth-order valence-electron chi connectivity index (χ4n) is 6.35. The van der Waals surface area contributed by atoms with Crippen molar-refractivity contribution in [2.24, 2.45) is 5.41 Å². The number of pyridine rings is 1. The highest BCUT2D eigenvalue weighted by atomic mass is 16.5. The summed E-state index contributed by atoms with van der Waals surface area (Å²) in [5.41, 5.74) is 3.70. The number of benzene rings is 2. The zero-order valence-corrected chi connectivity index (χ0v) is 22.5. The lowest BCUT2D eigenvalue weighted by atomic mass is 9.74. The summed E-state index contributed by atoms with van der Waals surface area (Å²) in [6, 6.07) is 15.2. The molecular formula is C31H29N5O5. The highest BCUT2D eigenvalue weighted by Crippen LogP contribution is 2.42. The minimum absolute atomic E-state index is 0.273. The quantitative estimate of drug-likeness (QED) is 0.383. The van der Waals surface area contributed by atoms with E-state index in [2.05, 4.69) is 15.9 Å². The van der Waals surface area contributed by atoms with E-state index >= 15 is 0 Å². The van der Waals surface area contributed by atoms with Gasteiger partial charge >= 0.3 is 5.97 Å². The molecule has 0 unspecified atom stereocenters.